The lowest BCUT2D eigenvalue weighted by Crippen LogP contribution is -2.52. The van der Waals surface area contributed by atoms with Crippen molar-refractivity contribution in [3.05, 3.63) is 17.6 Å². The van der Waals surface area contributed by atoms with Crippen LogP contribution in [0.1, 0.15) is 18.3 Å². The number of hydrogen-bond donors (Lipinski definition) is 1. The molecule has 1 aromatic rings. The Labute approximate surface area is 132 Å². The minimum atomic E-state index is -0.302. The van der Waals surface area contributed by atoms with Crippen molar-refractivity contribution in [3.8, 4) is 0 Å². The van der Waals surface area contributed by atoms with Gasteiger partial charge in [-0.2, -0.15) is 0 Å². The highest BCUT2D eigenvalue weighted by Crippen LogP contribution is 2.25. The first-order chi connectivity index (χ1) is 10.6. The summed E-state index contributed by atoms with van der Waals surface area (Å²) in [5, 5.41) is 10.5. The molecule has 0 bridgehead atoms. The Kier molecular flexibility index (Phi) is 4.61. The fraction of sp³-hybridized carbons (Fsp3) is 0.750. The molecule has 0 aromatic carbocycles. The lowest BCUT2D eigenvalue weighted by atomic mass is 10.1. The lowest BCUT2D eigenvalue weighted by molar-refractivity contribution is 0.0512. The summed E-state index contributed by atoms with van der Waals surface area (Å²) >= 11 is 0. The van der Waals surface area contributed by atoms with Crippen LogP contribution in [-0.4, -0.2) is 83.3 Å². The minimum absolute atomic E-state index is 0.216. The molecule has 2 atom stereocenters. The zero-order chi connectivity index (χ0) is 15.7. The topological polar surface area (TPSA) is 55.7 Å². The highest BCUT2D eigenvalue weighted by Gasteiger charge is 2.37. The van der Waals surface area contributed by atoms with Gasteiger partial charge < -0.3 is 14.9 Å². The summed E-state index contributed by atoms with van der Waals surface area (Å²) in [6.45, 7) is 9.81. The van der Waals surface area contributed by atoms with Crippen LogP contribution in [0.2, 0.25) is 0 Å². The van der Waals surface area contributed by atoms with E-state index in [0.29, 0.717) is 6.54 Å². The molecule has 0 aliphatic carbocycles. The Balaban J connectivity index is 1.74. The van der Waals surface area contributed by atoms with Crippen molar-refractivity contribution < 1.29 is 5.11 Å². The number of hydrogen-bond acceptors (Lipinski definition) is 6. The average Bonchev–Trinajstić information content (AvgIpc) is 2.90. The van der Waals surface area contributed by atoms with Crippen LogP contribution in [0.5, 0.6) is 0 Å². The third-order valence-electron chi connectivity index (χ3n) is 4.91. The molecule has 0 saturated carbocycles. The Morgan fingerprint density at radius 3 is 2.64 bits per heavy atom. The van der Waals surface area contributed by atoms with Gasteiger partial charge in [0.05, 0.1) is 12.1 Å². The number of aliphatic hydroxyl groups excluding tert-OH is 1. The van der Waals surface area contributed by atoms with Crippen LogP contribution in [0.25, 0.3) is 0 Å². The summed E-state index contributed by atoms with van der Waals surface area (Å²) in [6, 6.07) is 0.216. The molecule has 2 saturated heterocycles. The first-order valence-electron chi connectivity index (χ1n) is 8.26. The van der Waals surface area contributed by atoms with Gasteiger partial charge in [0.25, 0.3) is 0 Å². The van der Waals surface area contributed by atoms with Gasteiger partial charge >= 0.3 is 0 Å². The maximum atomic E-state index is 10.5. The van der Waals surface area contributed by atoms with Gasteiger partial charge in [-0.15, -0.1) is 0 Å². The smallest absolute Gasteiger partial charge is 0.135 e. The molecule has 6 nitrogen and oxygen atoms in total. The highest BCUT2D eigenvalue weighted by atomic mass is 16.3. The van der Waals surface area contributed by atoms with Crippen molar-refractivity contribution in [2.24, 2.45) is 0 Å². The predicted molar refractivity (Wildman–Crippen MR) is 87.2 cm³/mol. The summed E-state index contributed by atoms with van der Waals surface area (Å²) in [6.07, 6.45) is 2.54. The highest BCUT2D eigenvalue weighted by molar-refractivity contribution is 5.48. The number of anilines is 1. The zero-order valence-corrected chi connectivity index (χ0v) is 13.9. The van der Waals surface area contributed by atoms with Crippen molar-refractivity contribution >= 4 is 5.82 Å². The second-order valence-corrected chi connectivity index (χ2v) is 6.50. The van der Waals surface area contributed by atoms with E-state index in [-0.39, 0.29) is 12.1 Å². The minimum Gasteiger partial charge on any atom is -0.390 e. The SMILES string of the molecule is CCc1cnc(C)nc1N1C[C@@H](O)[C@H](N2CCN(C)CC2)C1. The Bertz CT molecular complexity index is 515. The number of aryl methyl sites for hydroxylation is 2. The van der Waals surface area contributed by atoms with Gasteiger partial charge in [-0.1, -0.05) is 6.92 Å². The number of likely N-dealkylation sites (N-methyl/N-ethyl adjacent to an activating group) is 1. The molecular formula is C16H27N5O. The van der Waals surface area contributed by atoms with Crippen molar-refractivity contribution in [2.45, 2.75) is 32.4 Å². The van der Waals surface area contributed by atoms with Crippen molar-refractivity contribution in [3.63, 3.8) is 0 Å². The van der Waals surface area contributed by atoms with Gasteiger partial charge in [-0.25, -0.2) is 9.97 Å². The first-order valence-corrected chi connectivity index (χ1v) is 8.26. The van der Waals surface area contributed by atoms with Crippen molar-refractivity contribution in [2.75, 3.05) is 51.2 Å². The summed E-state index contributed by atoms with van der Waals surface area (Å²) in [4.78, 5) is 15.9. The lowest BCUT2D eigenvalue weighted by Gasteiger charge is -2.37. The Morgan fingerprint density at radius 2 is 1.95 bits per heavy atom. The van der Waals surface area contributed by atoms with E-state index in [4.69, 9.17) is 0 Å². The maximum absolute atomic E-state index is 10.5. The van der Waals surface area contributed by atoms with Gasteiger partial charge in [0.2, 0.25) is 0 Å². The fourth-order valence-corrected chi connectivity index (χ4v) is 3.46. The largest absolute Gasteiger partial charge is 0.390 e. The maximum Gasteiger partial charge on any atom is 0.135 e. The number of aliphatic hydroxyl groups is 1. The molecule has 2 fully saturated rings. The molecule has 6 heteroatoms. The number of nitrogens with zero attached hydrogens (tertiary/aromatic N) is 5. The zero-order valence-electron chi connectivity index (χ0n) is 13.9. The third-order valence-corrected chi connectivity index (χ3v) is 4.91. The first kappa shape index (κ1) is 15.6. The molecule has 1 aromatic heterocycles. The summed E-state index contributed by atoms with van der Waals surface area (Å²) in [5.41, 5.74) is 1.16. The molecule has 2 aliphatic heterocycles. The molecular weight excluding hydrogens is 278 g/mol. The van der Waals surface area contributed by atoms with Crippen LogP contribution < -0.4 is 4.90 Å². The van der Waals surface area contributed by atoms with Gasteiger partial charge in [0.1, 0.15) is 11.6 Å². The van der Waals surface area contributed by atoms with E-state index in [1.54, 1.807) is 0 Å². The van der Waals surface area contributed by atoms with Gasteiger partial charge in [0.15, 0.2) is 0 Å². The quantitative estimate of drug-likeness (QED) is 0.858. The van der Waals surface area contributed by atoms with E-state index in [1.807, 2.05) is 13.1 Å². The van der Waals surface area contributed by atoms with E-state index in [2.05, 4.69) is 38.6 Å². The van der Waals surface area contributed by atoms with Crippen molar-refractivity contribution in [1.29, 1.82) is 0 Å². The van der Waals surface area contributed by atoms with E-state index in [1.165, 1.54) is 0 Å². The summed E-state index contributed by atoms with van der Waals surface area (Å²) < 4.78 is 0. The molecule has 0 spiro atoms. The standard InChI is InChI=1S/C16H27N5O/c1-4-13-9-17-12(2)18-16(13)21-10-14(15(22)11-21)20-7-5-19(3)6-8-20/h9,14-15,22H,4-8,10-11H2,1-3H3/t14-,15-/m1/s1. The van der Waals surface area contributed by atoms with Crippen LogP contribution in [0.15, 0.2) is 6.20 Å². The summed E-state index contributed by atoms with van der Waals surface area (Å²) in [5.74, 6) is 1.80. The molecule has 1 N–H and O–H groups in total. The summed E-state index contributed by atoms with van der Waals surface area (Å²) in [7, 11) is 2.16. The number of rotatable bonds is 3. The van der Waals surface area contributed by atoms with E-state index in [9.17, 15) is 5.11 Å². The van der Waals surface area contributed by atoms with Crippen molar-refractivity contribution in [1.82, 2.24) is 19.8 Å². The number of piperazine rings is 1. The Morgan fingerprint density at radius 1 is 1.23 bits per heavy atom. The third kappa shape index (κ3) is 3.09. The molecule has 3 rings (SSSR count). The molecule has 122 valence electrons. The second kappa shape index (κ2) is 6.48. The van der Waals surface area contributed by atoms with E-state index < -0.39 is 0 Å². The molecule has 2 aliphatic rings. The Hall–Kier alpha value is -1.24. The van der Waals surface area contributed by atoms with Crippen LogP contribution in [-0.2, 0) is 6.42 Å². The van der Waals surface area contributed by atoms with Crippen LogP contribution in [0.4, 0.5) is 5.82 Å². The van der Waals surface area contributed by atoms with Crippen LogP contribution in [0.3, 0.4) is 0 Å². The number of β-amino-alcohol motifs (C(OH)–C–C–N with tert-alkyl or cyclic N) is 1. The van der Waals surface area contributed by atoms with Gasteiger partial charge in [-0.05, 0) is 20.4 Å². The number of aromatic nitrogens is 2. The van der Waals surface area contributed by atoms with Crippen LogP contribution >= 0.6 is 0 Å². The van der Waals surface area contributed by atoms with Crippen LogP contribution in [0, 0.1) is 6.92 Å². The molecule has 0 unspecified atom stereocenters. The van der Waals surface area contributed by atoms with Gasteiger partial charge in [-0.3, -0.25) is 4.90 Å². The van der Waals surface area contributed by atoms with E-state index >= 15 is 0 Å². The fourth-order valence-electron chi connectivity index (χ4n) is 3.46. The molecule has 22 heavy (non-hydrogen) atoms. The average molecular weight is 305 g/mol. The second-order valence-electron chi connectivity index (χ2n) is 6.50. The monoisotopic (exact) mass is 305 g/mol. The predicted octanol–water partition coefficient (Wildman–Crippen LogP) is 0.144. The normalized spacial score (nSPS) is 27.5. The van der Waals surface area contributed by atoms with Gasteiger partial charge in [0, 0.05) is 51.0 Å². The molecule has 0 radical (unpaired) electrons. The molecule has 3 heterocycles. The molecule has 0 amide bonds. The van der Waals surface area contributed by atoms with E-state index in [0.717, 1.165) is 56.4 Å².